The second-order valence-electron chi connectivity index (χ2n) is 6.11. The summed E-state index contributed by atoms with van der Waals surface area (Å²) in [4.78, 5) is 13.0. The average molecular weight is 369 g/mol. The molecule has 1 N–H and O–H groups in total. The van der Waals surface area contributed by atoms with Gasteiger partial charge in [0.2, 0.25) is 5.91 Å². The number of carbonyl (C=O) groups is 1. The summed E-state index contributed by atoms with van der Waals surface area (Å²) in [7, 11) is 0. The molecule has 25 heavy (non-hydrogen) atoms. The number of aliphatic hydroxyl groups is 1. The molecule has 0 radical (unpaired) electrons. The van der Waals surface area contributed by atoms with E-state index < -0.39 is 42.3 Å². The fourth-order valence-corrected chi connectivity index (χ4v) is 2.81. The summed E-state index contributed by atoms with van der Waals surface area (Å²) in [5.74, 6) is -0.677. The molecule has 1 aromatic carbocycles. The van der Waals surface area contributed by atoms with E-state index in [1.807, 2.05) is 0 Å². The van der Waals surface area contributed by atoms with Gasteiger partial charge in [-0.15, -0.1) is 0 Å². The molecule has 0 aromatic heterocycles. The Hall–Kier alpha value is -1.77. The van der Waals surface area contributed by atoms with E-state index in [2.05, 4.69) is 0 Å². The number of rotatable bonds is 3. The molecule has 1 aliphatic heterocycles. The van der Waals surface area contributed by atoms with Gasteiger partial charge in [0.25, 0.3) is 0 Å². The first-order valence-electron chi connectivity index (χ1n) is 7.65. The monoisotopic (exact) mass is 369 g/mol. The molecule has 1 aromatic rings. The molecular weight excluding hydrogens is 352 g/mol. The van der Waals surface area contributed by atoms with E-state index in [0.29, 0.717) is 0 Å². The summed E-state index contributed by atoms with van der Waals surface area (Å²) in [6.07, 6.45) is -10.9. The van der Waals surface area contributed by atoms with Crippen LogP contribution in [-0.2, 0) is 16.6 Å². The lowest BCUT2D eigenvalue weighted by Gasteiger charge is -2.38. The van der Waals surface area contributed by atoms with Crippen LogP contribution in [0.25, 0.3) is 0 Å². The highest BCUT2D eigenvalue weighted by Gasteiger charge is 2.38. The molecule has 2 rings (SSSR count). The summed E-state index contributed by atoms with van der Waals surface area (Å²) in [6.45, 7) is -0.0210. The van der Waals surface area contributed by atoms with Gasteiger partial charge >= 0.3 is 12.4 Å². The lowest BCUT2D eigenvalue weighted by molar-refractivity contribution is -0.151. The lowest BCUT2D eigenvalue weighted by atomic mass is 9.83. The van der Waals surface area contributed by atoms with Gasteiger partial charge in [-0.05, 0) is 30.5 Å². The molecule has 3 nitrogen and oxygen atoms in total. The highest BCUT2D eigenvalue weighted by atomic mass is 19.4. The van der Waals surface area contributed by atoms with Crippen LogP contribution in [-0.4, -0.2) is 35.2 Å². The van der Waals surface area contributed by atoms with Crippen LogP contribution in [0.1, 0.15) is 36.8 Å². The van der Waals surface area contributed by atoms with Gasteiger partial charge in [0.05, 0.1) is 17.6 Å². The van der Waals surface area contributed by atoms with Crippen LogP contribution in [0.15, 0.2) is 24.3 Å². The van der Waals surface area contributed by atoms with Crippen molar-refractivity contribution in [1.82, 2.24) is 4.90 Å². The largest absolute Gasteiger partial charge is 0.416 e. The maximum atomic E-state index is 12.8. The molecule has 0 bridgehead atoms. The molecule has 0 saturated carbocycles. The van der Waals surface area contributed by atoms with Crippen molar-refractivity contribution < 1.29 is 36.2 Å². The van der Waals surface area contributed by atoms with Crippen LogP contribution in [0.3, 0.4) is 0 Å². The summed E-state index contributed by atoms with van der Waals surface area (Å²) in [5, 5.41) is 10.6. The summed E-state index contributed by atoms with van der Waals surface area (Å²) < 4.78 is 74.8. The van der Waals surface area contributed by atoms with E-state index in [-0.39, 0.29) is 31.5 Å². The van der Waals surface area contributed by atoms with Crippen molar-refractivity contribution in [2.24, 2.45) is 0 Å². The second-order valence-corrected chi connectivity index (χ2v) is 6.11. The van der Waals surface area contributed by atoms with Crippen molar-refractivity contribution in [3.8, 4) is 0 Å². The fraction of sp³-hybridized carbons (Fsp3) is 0.562. The SMILES string of the molecule is O=C(CCC(F)(F)F)N1CCC(O)(c2cccc(C(F)(F)F)c2)CC1. The van der Waals surface area contributed by atoms with Gasteiger partial charge in [0.1, 0.15) is 0 Å². The van der Waals surface area contributed by atoms with Crippen LogP contribution in [0, 0.1) is 0 Å². The van der Waals surface area contributed by atoms with Gasteiger partial charge in [0.15, 0.2) is 0 Å². The van der Waals surface area contributed by atoms with Crippen molar-refractivity contribution in [2.75, 3.05) is 13.1 Å². The highest BCUT2D eigenvalue weighted by molar-refractivity contribution is 5.76. The molecular formula is C16H17F6NO2. The van der Waals surface area contributed by atoms with Gasteiger partial charge in [-0.1, -0.05) is 12.1 Å². The zero-order valence-corrected chi connectivity index (χ0v) is 13.1. The molecule has 0 atom stereocenters. The first-order chi connectivity index (χ1) is 11.4. The molecule has 1 saturated heterocycles. The summed E-state index contributed by atoms with van der Waals surface area (Å²) in [5.41, 5.74) is -2.34. The molecule has 0 spiro atoms. The highest BCUT2D eigenvalue weighted by Crippen LogP contribution is 2.37. The molecule has 140 valence electrons. The Morgan fingerprint density at radius 3 is 2.24 bits per heavy atom. The van der Waals surface area contributed by atoms with Crippen LogP contribution in [0.5, 0.6) is 0 Å². The minimum absolute atomic E-state index is 0.0105. The first-order valence-corrected chi connectivity index (χ1v) is 7.65. The molecule has 0 aliphatic carbocycles. The van der Waals surface area contributed by atoms with Crippen molar-refractivity contribution in [2.45, 2.75) is 43.6 Å². The van der Waals surface area contributed by atoms with E-state index >= 15 is 0 Å². The number of hydrogen-bond acceptors (Lipinski definition) is 2. The normalized spacial score (nSPS) is 18.3. The van der Waals surface area contributed by atoms with Crippen LogP contribution in [0.2, 0.25) is 0 Å². The lowest BCUT2D eigenvalue weighted by Crippen LogP contribution is -2.45. The van der Waals surface area contributed by atoms with Crippen LogP contribution in [0.4, 0.5) is 26.3 Å². The maximum absolute atomic E-state index is 12.8. The van der Waals surface area contributed by atoms with Crippen molar-refractivity contribution in [1.29, 1.82) is 0 Å². The molecule has 9 heteroatoms. The number of halogens is 6. The second kappa shape index (κ2) is 6.86. The minimum Gasteiger partial charge on any atom is -0.385 e. The number of benzene rings is 1. The third-order valence-corrected chi connectivity index (χ3v) is 4.29. The molecule has 1 amide bonds. The van der Waals surface area contributed by atoms with Gasteiger partial charge in [-0.25, -0.2) is 0 Å². The summed E-state index contributed by atoms with van der Waals surface area (Å²) >= 11 is 0. The number of amides is 1. The fourth-order valence-electron chi connectivity index (χ4n) is 2.81. The number of alkyl halides is 6. The van der Waals surface area contributed by atoms with E-state index in [1.165, 1.54) is 17.0 Å². The third-order valence-electron chi connectivity index (χ3n) is 4.29. The Morgan fingerprint density at radius 1 is 1.12 bits per heavy atom. The van der Waals surface area contributed by atoms with E-state index in [9.17, 15) is 36.2 Å². The number of piperidine rings is 1. The number of likely N-dealkylation sites (tertiary alicyclic amines) is 1. The van der Waals surface area contributed by atoms with Crippen LogP contribution >= 0.6 is 0 Å². The van der Waals surface area contributed by atoms with Gasteiger partial charge < -0.3 is 10.0 Å². The Balaban J connectivity index is 2.02. The predicted molar refractivity (Wildman–Crippen MR) is 76.4 cm³/mol. The van der Waals surface area contributed by atoms with Crippen LogP contribution < -0.4 is 0 Å². The maximum Gasteiger partial charge on any atom is 0.416 e. The number of hydrogen-bond donors (Lipinski definition) is 1. The number of carbonyl (C=O) groups excluding carboxylic acids is 1. The zero-order chi connectivity index (χ0) is 18.9. The Morgan fingerprint density at radius 2 is 1.72 bits per heavy atom. The quantitative estimate of drug-likeness (QED) is 0.822. The molecule has 1 fully saturated rings. The number of nitrogens with zero attached hydrogens (tertiary/aromatic N) is 1. The summed E-state index contributed by atoms with van der Waals surface area (Å²) in [6, 6.07) is 4.32. The predicted octanol–water partition coefficient (Wildman–Crippen LogP) is 3.86. The van der Waals surface area contributed by atoms with Crippen molar-refractivity contribution in [3.05, 3.63) is 35.4 Å². The smallest absolute Gasteiger partial charge is 0.385 e. The Bertz CT molecular complexity index is 618. The molecule has 0 unspecified atom stereocenters. The third kappa shape index (κ3) is 5.10. The van der Waals surface area contributed by atoms with E-state index in [0.717, 1.165) is 12.1 Å². The first kappa shape index (κ1) is 19.6. The molecule has 1 heterocycles. The van der Waals surface area contributed by atoms with E-state index in [4.69, 9.17) is 0 Å². The molecule has 1 aliphatic rings. The van der Waals surface area contributed by atoms with Crippen molar-refractivity contribution >= 4 is 5.91 Å². The zero-order valence-electron chi connectivity index (χ0n) is 13.1. The van der Waals surface area contributed by atoms with Gasteiger partial charge in [-0.2, -0.15) is 26.3 Å². The average Bonchev–Trinajstić information content (AvgIpc) is 2.52. The van der Waals surface area contributed by atoms with Gasteiger partial charge in [-0.3, -0.25) is 4.79 Å². The Kier molecular flexibility index (Phi) is 5.36. The topological polar surface area (TPSA) is 40.5 Å². The van der Waals surface area contributed by atoms with Gasteiger partial charge in [0, 0.05) is 19.5 Å². The van der Waals surface area contributed by atoms with Crippen molar-refractivity contribution in [3.63, 3.8) is 0 Å². The Labute approximate surface area is 140 Å². The minimum atomic E-state index is -4.54. The standard InChI is InChI=1S/C16H17F6NO2/c17-15(18,19)5-4-13(24)23-8-6-14(25,7-9-23)11-2-1-3-12(10-11)16(20,21)22/h1-3,10,25H,4-9H2. The van der Waals surface area contributed by atoms with E-state index in [1.54, 1.807) is 0 Å².